The molecular weight excluding hydrogens is 131 g/mol. The van der Waals surface area contributed by atoms with Crippen LogP contribution in [0.3, 0.4) is 0 Å². The third-order valence-corrected chi connectivity index (χ3v) is 6.18. The second kappa shape index (κ2) is 5.53. The Labute approximate surface area is 72.5 Å². The fourth-order valence-electron chi connectivity index (χ4n) is 0.687. The van der Waals surface area contributed by atoms with Crippen LogP contribution in [0.2, 0.25) is 6.04 Å². The molecule has 0 atom stereocenters. The Balaban J connectivity index is 0. The second-order valence-corrected chi connectivity index (χ2v) is 7.25. The van der Waals surface area contributed by atoms with Gasteiger partial charge in [-0.3, -0.25) is 0 Å². The van der Waals surface area contributed by atoms with E-state index in [4.69, 9.17) is 4.43 Å². The van der Waals surface area contributed by atoms with E-state index in [0.29, 0.717) is 9.04 Å². The Morgan fingerprint density at radius 1 is 1.57 bits per heavy atom. The molecule has 0 aromatic rings. The smallest absolute Gasteiger partial charge is 1.00 e. The summed E-state index contributed by atoms with van der Waals surface area (Å²) >= 11 is 0. The molecule has 1 rings (SSSR count). The van der Waals surface area contributed by atoms with Gasteiger partial charge in [0.1, 0.15) is 9.28 Å². The second-order valence-electron chi connectivity index (χ2n) is 1.67. The molecule has 0 aliphatic carbocycles. The summed E-state index contributed by atoms with van der Waals surface area (Å²) in [5.74, 6) is 0. The van der Waals surface area contributed by atoms with Crippen molar-refractivity contribution in [2.24, 2.45) is 0 Å². The van der Waals surface area contributed by atoms with E-state index in [2.05, 4.69) is 0 Å². The molecule has 1 heterocycles. The Hall–Kier alpha value is 1.39. The van der Waals surface area contributed by atoms with Gasteiger partial charge >= 0.3 is 29.6 Å². The van der Waals surface area contributed by atoms with Gasteiger partial charge in [0, 0.05) is 15.6 Å². The summed E-state index contributed by atoms with van der Waals surface area (Å²) in [5, 5.41) is 0. The predicted molar refractivity (Wildman–Crippen MR) is 33.6 cm³/mol. The van der Waals surface area contributed by atoms with Gasteiger partial charge in [0.05, 0.1) is 0 Å². The quantitative estimate of drug-likeness (QED) is 0.314. The van der Waals surface area contributed by atoms with E-state index in [1.54, 1.807) is 6.04 Å². The molecular formula is C3H11NaOSi2. The van der Waals surface area contributed by atoms with Gasteiger partial charge in [0.15, 0.2) is 0 Å². The van der Waals surface area contributed by atoms with Crippen molar-refractivity contribution in [2.75, 3.05) is 6.61 Å². The van der Waals surface area contributed by atoms with E-state index in [1.165, 1.54) is 6.42 Å². The minimum Gasteiger partial charge on any atom is -1.00 e. The van der Waals surface area contributed by atoms with Gasteiger partial charge in [-0.2, -0.15) is 0 Å². The summed E-state index contributed by atoms with van der Waals surface area (Å²) in [5.41, 5.74) is 0. The Morgan fingerprint density at radius 3 is 2.57 bits per heavy atom. The first-order chi connectivity index (χ1) is 3.00. The van der Waals surface area contributed by atoms with E-state index in [1.807, 2.05) is 0 Å². The van der Waals surface area contributed by atoms with Crippen LogP contribution in [0.4, 0.5) is 0 Å². The molecule has 1 aliphatic heterocycles. The SMILES string of the molecule is C1CO[SiH2][SiH2]C1.[H-].[Na+]. The fraction of sp³-hybridized carbons (Fsp3) is 1.00. The van der Waals surface area contributed by atoms with Crippen LogP contribution in [0, 0.1) is 0 Å². The van der Waals surface area contributed by atoms with E-state index < -0.39 is 0 Å². The summed E-state index contributed by atoms with van der Waals surface area (Å²) in [7, 11) is 0.573. The first-order valence-electron chi connectivity index (χ1n) is 2.58. The summed E-state index contributed by atoms with van der Waals surface area (Å²) in [6, 6.07) is 1.58. The van der Waals surface area contributed by atoms with Crippen LogP contribution in [-0.4, -0.2) is 24.9 Å². The summed E-state index contributed by atoms with van der Waals surface area (Å²) in [6.07, 6.45) is 1.37. The molecule has 0 unspecified atom stereocenters. The van der Waals surface area contributed by atoms with E-state index in [-0.39, 0.29) is 40.3 Å². The molecule has 0 N–H and O–H groups in total. The number of rotatable bonds is 0. The molecule has 1 saturated heterocycles. The zero-order chi connectivity index (χ0) is 4.24. The van der Waals surface area contributed by atoms with Gasteiger partial charge in [-0.05, 0) is 6.42 Å². The summed E-state index contributed by atoms with van der Waals surface area (Å²) in [6.45, 7) is 1.10. The molecule has 0 spiro atoms. The van der Waals surface area contributed by atoms with Crippen molar-refractivity contribution in [1.29, 1.82) is 0 Å². The average molecular weight is 142 g/mol. The molecule has 1 nitrogen and oxygen atoms in total. The monoisotopic (exact) mass is 142 g/mol. The van der Waals surface area contributed by atoms with Crippen LogP contribution in [-0.2, 0) is 4.43 Å². The molecule has 0 amide bonds. The van der Waals surface area contributed by atoms with Gasteiger partial charge in [0.25, 0.3) is 0 Å². The molecule has 7 heavy (non-hydrogen) atoms. The maximum absolute atomic E-state index is 5.27. The predicted octanol–water partition coefficient (Wildman–Crippen LogP) is -3.89. The third kappa shape index (κ3) is 3.93. The molecule has 0 aromatic carbocycles. The van der Waals surface area contributed by atoms with Gasteiger partial charge in [-0.15, -0.1) is 0 Å². The van der Waals surface area contributed by atoms with Crippen LogP contribution in [0.25, 0.3) is 0 Å². The van der Waals surface area contributed by atoms with Gasteiger partial charge in [-0.1, -0.05) is 6.04 Å². The van der Waals surface area contributed by atoms with Crippen LogP contribution < -0.4 is 29.6 Å². The van der Waals surface area contributed by atoms with Crippen molar-refractivity contribution in [1.82, 2.24) is 0 Å². The van der Waals surface area contributed by atoms with Crippen molar-refractivity contribution in [3.05, 3.63) is 0 Å². The fourth-order valence-corrected chi connectivity index (χ4v) is 4.96. The standard InChI is InChI=1S/C3H10OSi2.Na.H/c1-2-4-6-5-3-1;;/h1-3,5-6H2;;/q;+1;-1. The Morgan fingerprint density at radius 2 is 2.43 bits per heavy atom. The van der Waals surface area contributed by atoms with Crippen LogP contribution in [0.15, 0.2) is 0 Å². The Bertz CT molecular complexity index is 32.8. The van der Waals surface area contributed by atoms with Crippen molar-refractivity contribution < 1.29 is 35.4 Å². The molecule has 0 bridgehead atoms. The number of hydrogen-bond donors (Lipinski definition) is 0. The first-order valence-corrected chi connectivity index (χ1v) is 8.15. The third-order valence-electron chi connectivity index (χ3n) is 1.08. The first kappa shape index (κ1) is 8.39. The van der Waals surface area contributed by atoms with Crippen LogP contribution in [0.5, 0.6) is 0 Å². The zero-order valence-electron chi connectivity index (χ0n) is 5.94. The normalized spacial score (nSPS) is 27.4. The van der Waals surface area contributed by atoms with Crippen LogP contribution in [0.1, 0.15) is 7.85 Å². The molecule has 0 saturated carbocycles. The number of hydrogen-bond acceptors (Lipinski definition) is 1. The van der Waals surface area contributed by atoms with Gasteiger partial charge < -0.3 is 5.85 Å². The maximum atomic E-state index is 5.27. The topological polar surface area (TPSA) is 9.23 Å². The van der Waals surface area contributed by atoms with E-state index in [9.17, 15) is 0 Å². The van der Waals surface area contributed by atoms with Crippen molar-refractivity contribution in [2.45, 2.75) is 12.5 Å². The van der Waals surface area contributed by atoms with Gasteiger partial charge in [0.2, 0.25) is 0 Å². The molecule has 4 heteroatoms. The van der Waals surface area contributed by atoms with Crippen molar-refractivity contribution >= 4 is 18.3 Å². The molecule has 1 aliphatic rings. The van der Waals surface area contributed by atoms with Crippen molar-refractivity contribution in [3.8, 4) is 0 Å². The minimum absolute atomic E-state index is 0. The summed E-state index contributed by atoms with van der Waals surface area (Å²) in [4.78, 5) is 0. The zero-order valence-corrected chi connectivity index (χ0v) is 9.77. The van der Waals surface area contributed by atoms with Gasteiger partial charge in [-0.25, -0.2) is 0 Å². The Kier molecular flexibility index (Phi) is 6.63. The van der Waals surface area contributed by atoms with Crippen molar-refractivity contribution in [3.63, 3.8) is 0 Å². The molecule has 0 radical (unpaired) electrons. The maximum Gasteiger partial charge on any atom is 1.00 e. The molecule has 1 fully saturated rings. The summed E-state index contributed by atoms with van der Waals surface area (Å²) < 4.78 is 5.27. The molecule has 0 aromatic heterocycles. The largest absolute Gasteiger partial charge is 1.00 e. The van der Waals surface area contributed by atoms with E-state index >= 15 is 0 Å². The minimum atomic E-state index is 0. The van der Waals surface area contributed by atoms with Crippen LogP contribution >= 0.6 is 0 Å². The van der Waals surface area contributed by atoms with E-state index in [0.717, 1.165) is 6.61 Å². The molecule has 38 valence electrons. The average Bonchev–Trinajstić information content (AvgIpc) is 1.72.